The third-order valence-corrected chi connectivity index (χ3v) is 5.26. The SMILES string of the molecule is COc1ccc(OCCN2CCN([C@@H](C)C(=O)Nc3ccc(F)cc3F)CC2)cc1. The summed E-state index contributed by atoms with van der Waals surface area (Å²) < 4.78 is 37.7. The van der Waals surface area contributed by atoms with Gasteiger partial charge in [-0.25, -0.2) is 8.78 Å². The van der Waals surface area contributed by atoms with Crippen molar-refractivity contribution in [1.82, 2.24) is 9.80 Å². The van der Waals surface area contributed by atoms with Gasteiger partial charge in [0.1, 0.15) is 29.7 Å². The van der Waals surface area contributed by atoms with Crippen molar-refractivity contribution in [3.8, 4) is 11.5 Å². The molecule has 6 nitrogen and oxygen atoms in total. The number of nitrogens with one attached hydrogen (secondary N) is 1. The second-order valence-electron chi connectivity index (χ2n) is 7.19. The van der Waals surface area contributed by atoms with Gasteiger partial charge in [-0.2, -0.15) is 0 Å². The lowest BCUT2D eigenvalue weighted by Gasteiger charge is -2.37. The molecule has 0 saturated carbocycles. The monoisotopic (exact) mass is 419 g/mol. The van der Waals surface area contributed by atoms with Gasteiger partial charge in [-0.1, -0.05) is 0 Å². The van der Waals surface area contributed by atoms with Gasteiger partial charge in [0, 0.05) is 38.8 Å². The average Bonchev–Trinajstić information content (AvgIpc) is 2.76. The fourth-order valence-electron chi connectivity index (χ4n) is 3.33. The highest BCUT2D eigenvalue weighted by Gasteiger charge is 2.26. The summed E-state index contributed by atoms with van der Waals surface area (Å²) in [7, 11) is 1.63. The second kappa shape index (κ2) is 10.4. The van der Waals surface area contributed by atoms with Crippen molar-refractivity contribution in [2.45, 2.75) is 13.0 Å². The van der Waals surface area contributed by atoms with Crippen LogP contribution in [-0.4, -0.2) is 68.2 Å². The Morgan fingerprint density at radius 3 is 2.37 bits per heavy atom. The molecular weight excluding hydrogens is 392 g/mol. The third-order valence-electron chi connectivity index (χ3n) is 5.26. The minimum atomic E-state index is -0.780. The van der Waals surface area contributed by atoms with Crippen LogP contribution in [0.25, 0.3) is 0 Å². The normalized spacial score (nSPS) is 16.1. The zero-order chi connectivity index (χ0) is 21.5. The number of ether oxygens (including phenoxy) is 2. The quantitative estimate of drug-likeness (QED) is 0.713. The maximum atomic E-state index is 13.8. The number of anilines is 1. The summed E-state index contributed by atoms with van der Waals surface area (Å²) >= 11 is 0. The Kier molecular flexibility index (Phi) is 7.59. The molecule has 2 aromatic rings. The fourth-order valence-corrected chi connectivity index (χ4v) is 3.33. The molecule has 0 spiro atoms. The minimum Gasteiger partial charge on any atom is -0.497 e. The Morgan fingerprint density at radius 1 is 1.07 bits per heavy atom. The first-order valence-electron chi connectivity index (χ1n) is 9.95. The molecular formula is C22H27F2N3O3. The number of benzene rings is 2. The van der Waals surface area contributed by atoms with E-state index in [2.05, 4.69) is 15.1 Å². The number of methoxy groups -OCH3 is 1. The molecule has 30 heavy (non-hydrogen) atoms. The smallest absolute Gasteiger partial charge is 0.241 e. The molecule has 1 aliphatic rings. The first kappa shape index (κ1) is 22.0. The summed E-state index contributed by atoms with van der Waals surface area (Å²) in [6.07, 6.45) is 0. The molecule has 2 aromatic carbocycles. The van der Waals surface area contributed by atoms with E-state index in [4.69, 9.17) is 9.47 Å². The molecule has 1 atom stereocenters. The molecule has 1 fully saturated rings. The van der Waals surface area contributed by atoms with Gasteiger partial charge in [0.05, 0.1) is 18.8 Å². The molecule has 1 aliphatic heterocycles. The van der Waals surface area contributed by atoms with Crippen molar-refractivity contribution >= 4 is 11.6 Å². The molecule has 0 radical (unpaired) electrons. The maximum absolute atomic E-state index is 13.8. The van der Waals surface area contributed by atoms with Crippen LogP contribution in [0.15, 0.2) is 42.5 Å². The Balaban J connectivity index is 1.40. The number of carbonyl (C=O) groups is 1. The van der Waals surface area contributed by atoms with E-state index in [1.165, 1.54) is 6.07 Å². The van der Waals surface area contributed by atoms with E-state index >= 15 is 0 Å². The van der Waals surface area contributed by atoms with Crippen molar-refractivity contribution in [2.75, 3.05) is 51.8 Å². The van der Waals surface area contributed by atoms with Crippen molar-refractivity contribution in [3.63, 3.8) is 0 Å². The van der Waals surface area contributed by atoms with Crippen LogP contribution < -0.4 is 14.8 Å². The number of nitrogens with zero attached hydrogens (tertiary/aromatic N) is 2. The van der Waals surface area contributed by atoms with Crippen LogP contribution in [0.3, 0.4) is 0 Å². The van der Waals surface area contributed by atoms with Gasteiger partial charge in [0.15, 0.2) is 0 Å². The molecule has 0 aliphatic carbocycles. The Hall–Kier alpha value is -2.71. The first-order valence-corrected chi connectivity index (χ1v) is 9.95. The maximum Gasteiger partial charge on any atom is 0.241 e. The first-order chi connectivity index (χ1) is 14.5. The van der Waals surface area contributed by atoms with Gasteiger partial charge in [-0.05, 0) is 43.3 Å². The predicted octanol–water partition coefficient (Wildman–Crippen LogP) is 3.00. The lowest BCUT2D eigenvalue weighted by Crippen LogP contribution is -2.53. The Bertz CT molecular complexity index is 840. The summed E-state index contributed by atoms with van der Waals surface area (Å²) in [5, 5.41) is 2.54. The summed E-state index contributed by atoms with van der Waals surface area (Å²) in [5.41, 5.74) is -0.0115. The van der Waals surface area contributed by atoms with Crippen molar-refractivity contribution in [2.24, 2.45) is 0 Å². The van der Waals surface area contributed by atoms with Crippen LogP contribution in [0, 0.1) is 11.6 Å². The topological polar surface area (TPSA) is 54.0 Å². The van der Waals surface area contributed by atoms with Gasteiger partial charge in [-0.15, -0.1) is 0 Å². The van der Waals surface area contributed by atoms with Crippen LogP contribution in [-0.2, 0) is 4.79 Å². The Labute approximate surface area is 175 Å². The second-order valence-corrected chi connectivity index (χ2v) is 7.19. The van der Waals surface area contributed by atoms with Gasteiger partial charge in [-0.3, -0.25) is 14.6 Å². The van der Waals surface area contributed by atoms with Crippen molar-refractivity contribution < 1.29 is 23.0 Å². The molecule has 3 rings (SSSR count). The molecule has 0 aromatic heterocycles. The van der Waals surface area contributed by atoms with E-state index < -0.39 is 17.7 Å². The number of hydrogen-bond acceptors (Lipinski definition) is 5. The molecule has 8 heteroatoms. The van der Waals surface area contributed by atoms with E-state index in [1.807, 2.05) is 24.3 Å². The molecule has 1 N–H and O–H groups in total. The van der Waals surface area contributed by atoms with Gasteiger partial charge < -0.3 is 14.8 Å². The van der Waals surface area contributed by atoms with Crippen LogP contribution in [0.2, 0.25) is 0 Å². The summed E-state index contributed by atoms with van der Waals surface area (Å²) in [6.45, 7) is 6.24. The predicted molar refractivity (Wildman–Crippen MR) is 111 cm³/mol. The van der Waals surface area contributed by atoms with Crippen LogP contribution >= 0.6 is 0 Å². The van der Waals surface area contributed by atoms with Crippen LogP contribution in [0.4, 0.5) is 14.5 Å². The van der Waals surface area contributed by atoms with Gasteiger partial charge >= 0.3 is 0 Å². The highest BCUT2D eigenvalue weighted by Crippen LogP contribution is 2.18. The minimum absolute atomic E-state index is 0.0115. The number of amides is 1. The number of rotatable bonds is 8. The molecule has 0 unspecified atom stereocenters. The average molecular weight is 419 g/mol. The largest absolute Gasteiger partial charge is 0.497 e. The summed E-state index contributed by atoms with van der Waals surface area (Å²) in [6, 6.07) is 10.2. The van der Waals surface area contributed by atoms with E-state index in [1.54, 1.807) is 14.0 Å². The molecule has 1 saturated heterocycles. The zero-order valence-corrected chi connectivity index (χ0v) is 17.2. The number of halogens is 2. The Morgan fingerprint density at radius 2 is 1.73 bits per heavy atom. The highest BCUT2D eigenvalue weighted by atomic mass is 19.1. The van der Waals surface area contributed by atoms with Gasteiger partial charge in [0.2, 0.25) is 5.91 Å². The van der Waals surface area contributed by atoms with Crippen LogP contribution in [0.5, 0.6) is 11.5 Å². The fraction of sp³-hybridized carbons (Fsp3) is 0.409. The summed E-state index contributed by atoms with van der Waals surface area (Å²) in [4.78, 5) is 16.8. The lowest BCUT2D eigenvalue weighted by molar-refractivity contribution is -0.121. The van der Waals surface area contributed by atoms with E-state index in [0.29, 0.717) is 6.61 Å². The van der Waals surface area contributed by atoms with E-state index in [-0.39, 0.29) is 11.6 Å². The molecule has 1 amide bonds. The highest BCUT2D eigenvalue weighted by molar-refractivity contribution is 5.94. The molecule has 0 bridgehead atoms. The zero-order valence-electron chi connectivity index (χ0n) is 17.2. The number of carbonyl (C=O) groups excluding carboxylic acids is 1. The van der Waals surface area contributed by atoms with Gasteiger partial charge in [0.25, 0.3) is 0 Å². The lowest BCUT2D eigenvalue weighted by atomic mass is 10.2. The summed E-state index contributed by atoms with van der Waals surface area (Å²) in [5.74, 6) is -0.175. The molecule has 1 heterocycles. The van der Waals surface area contributed by atoms with E-state index in [0.717, 1.165) is 56.4 Å². The number of hydrogen-bond donors (Lipinski definition) is 1. The van der Waals surface area contributed by atoms with Crippen molar-refractivity contribution in [1.29, 1.82) is 0 Å². The molecule has 162 valence electrons. The van der Waals surface area contributed by atoms with Crippen molar-refractivity contribution in [3.05, 3.63) is 54.1 Å². The third kappa shape index (κ3) is 5.90. The number of piperazine rings is 1. The van der Waals surface area contributed by atoms with Crippen LogP contribution in [0.1, 0.15) is 6.92 Å². The standard InChI is InChI=1S/C22H27F2N3O3/c1-16(22(28)25-21-8-3-17(23)15-20(21)24)27-11-9-26(10-12-27)13-14-30-19-6-4-18(29-2)5-7-19/h3-8,15-16H,9-14H2,1-2H3,(H,25,28)/t16-/m0/s1. The van der Waals surface area contributed by atoms with E-state index in [9.17, 15) is 13.6 Å².